The van der Waals surface area contributed by atoms with Crippen molar-refractivity contribution < 1.29 is 22.8 Å². The van der Waals surface area contributed by atoms with Gasteiger partial charge in [0.25, 0.3) is 5.91 Å². The molecule has 2 aromatic rings. The first-order valence-corrected chi connectivity index (χ1v) is 14.2. The Morgan fingerprint density at radius 2 is 1.64 bits per heavy atom. The summed E-state index contributed by atoms with van der Waals surface area (Å²) < 4.78 is 40.3. The van der Waals surface area contributed by atoms with Crippen LogP contribution in [0.25, 0.3) is 0 Å². The molecule has 5 rings (SSSR count). The van der Waals surface area contributed by atoms with Crippen molar-refractivity contribution >= 4 is 35.0 Å². The summed E-state index contributed by atoms with van der Waals surface area (Å²) in [5.74, 6) is 0.0943. The topological polar surface area (TPSA) is 43.9 Å². The lowest BCUT2D eigenvalue weighted by Gasteiger charge is -2.33. The van der Waals surface area contributed by atoms with Crippen LogP contribution >= 0.6 is 23.2 Å². The number of alkyl halides is 3. The summed E-state index contributed by atoms with van der Waals surface area (Å²) in [6.07, 6.45) is -0.432. The molecule has 0 bridgehead atoms. The zero-order valence-electron chi connectivity index (χ0n) is 21.8. The summed E-state index contributed by atoms with van der Waals surface area (Å²) in [4.78, 5) is 32.8. The fourth-order valence-corrected chi connectivity index (χ4v) is 6.26. The lowest BCUT2D eigenvalue weighted by molar-refractivity contribution is -0.137. The average Bonchev–Trinajstić information content (AvgIpc) is 3.62. The van der Waals surface area contributed by atoms with Gasteiger partial charge in [-0.1, -0.05) is 35.3 Å². The summed E-state index contributed by atoms with van der Waals surface area (Å²) in [5, 5.41) is 0.117. The van der Waals surface area contributed by atoms with Crippen LogP contribution in [0.15, 0.2) is 42.5 Å². The second-order valence-corrected chi connectivity index (χ2v) is 11.9. The summed E-state index contributed by atoms with van der Waals surface area (Å²) >= 11 is 11.9. The van der Waals surface area contributed by atoms with Crippen LogP contribution in [0.3, 0.4) is 0 Å². The SMILES string of the molecule is CN(C(=O)c1ccc(Cl)c(C(F)(F)F)c1)[C@H]1CN(C(=O)C2CCN(CC3CC3)CC2)C[C@H]1c1ccc(Cl)cc1. The lowest BCUT2D eigenvalue weighted by Crippen LogP contribution is -2.44. The number of nitrogens with zero attached hydrogens (tertiary/aromatic N) is 3. The van der Waals surface area contributed by atoms with Crippen molar-refractivity contribution in [2.45, 2.75) is 43.8 Å². The second-order valence-electron chi connectivity index (χ2n) is 11.1. The molecule has 1 saturated carbocycles. The van der Waals surface area contributed by atoms with Crippen molar-refractivity contribution in [2.24, 2.45) is 11.8 Å². The number of hydrogen-bond donors (Lipinski definition) is 0. The lowest BCUT2D eigenvalue weighted by atomic mass is 9.93. The highest BCUT2D eigenvalue weighted by Gasteiger charge is 2.43. The maximum absolute atomic E-state index is 13.6. The third kappa shape index (κ3) is 6.39. The first kappa shape index (κ1) is 28.2. The van der Waals surface area contributed by atoms with Gasteiger partial charge in [-0.3, -0.25) is 9.59 Å². The highest BCUT2D eigenvalue weighted by atomic mass is 35.5. The minimum absolute atomic E-state index is 0.0586. The molecule has 0 aromatic heterocycles. The normalized spacial score (nSPS) is 22.8. The molecule has 2 heterocycles. The van der Waals surface area contributed by atoms with Crippen molar-refractivity contribution in [3.8, 4) is 0 Å². The van der Waals surface area contributed by atoms with E-state index in [1.165, 1.54) is 23.8 Å². The Kier molecular flexibility index (Phi) is 8.18. The predicted octanol–water partition coefficient (Wildman–Crippen LogP) is 6.20. The molecule has 10 heteroatoms. The van der Waals surface area contributed by atoms with Crippen LogP contribution in [-0.2, 0) is 11.0 Å². The number of hydrogen-bond acceptors (Lipinski definition) is 3. The first-order valence-electron chi connectivity index (χ1n) is 13.4. The summed E-state index contributed by atoms with van der Waals surface area (Å²) in [5.41, 5.74) is -0.225. The Morgan fingerprint density at radius 1 is 0.974 bits per heavy atom. The molecule has 2 saturated heterocycles. The van der Waals surface area contributed by atoms with Crippen LogP contribution in [-0.4, -0.2) is 72.3 Å². The molecule has 2 aliphatic heterocycles. The fourth-order valence-electron chi connectivity index (χ4n) is 5.91. The standard InChI is InChI=1S/C29H32Cl2F3N3O2/c1-35(27(38)21-6-9-25(31)24(14-21)29(32,33)34)26-17-37(16-23(26)19-4-7-22(30)8-5-19)28(39)20-10-12-36(13-11-20)15-18-2-3-18/h4-9,14,18,20,23,26H,2-3,10-13,15-17H2,1H3/t23-,26-/m0/s1. The van der Waals surface area contributed by atoms with Crippen molar-refractivity contribution in [3.63, 3.8) is 0 Å². The van der Waals surface area contributed by atoms with E-state index in [2.05, 4.69) is 4.90 Å². The largest absolute Gasteiger partial charge is 0.417 e. The van der Waals surface area contributed by atoms with Crippen LogP contribution in [0.4, 0.5) is 13.2 Å². The number of benzene rings is 2. The number of amides is 2. The fraction of sp³-hybridized carbons (Fsp3) is 0.517. The van der Waals surface area contributed by atoms with Crippen LogP contribution in [0.2, 0.25) is 10.0 Å². The Hall–Kier alpha value is -2.29. The van der Waals surface area contributed by atoms with Gasteiger partial charge in [0.2, 0.25) is 5.91 Å². The minimum atomic E-state index is -4.68. The first-order chi connectivity index (χ1) is 18.5. The number of halogens is 5. The Labute approximate surface area is 236 Å². The van der Waals surface area contributed by atoms with Gasteiger partial charge in [0.15, 0.2) is 0 Å². The van der Waals surface area contributed by atoms with Crippen LogP contribution in [0, 0.1) is 11.8 Å². The van der Waals surface area contributed by atoms with Crippen LogP contribution in [0.5, 0.6) is 0 Å². The molecular formula is C29H32Cl2F3N3O2. The number of carbonyl (C=O) groups excluding carboxylic acids is 2. The molecule has 2 atom stereocenters. The van der Waals surface area contributed by atoms with Crippen molar-refractivity contribution in [3.05, 3.63) is 69.2 Å². The molecule has 39 heavy (non-hydrogen) atoms. The molecule has 2 aromatic carbocycles. The maximum atomic E-state index is 13.6. The molecule has 0 N–H and O–H groups in total. The number of likely N-dealkylation sites (tertiary alicyclic amines) is 2. The molecule has 3 fully saturated rings. The molecule has 0 radical (unpaired) electrons. The zero-order chi connectivity index (χ0) is 27.9. The molecule has 3 aliphatic rings. The highest BCUT2D eigenvalue weighted by molar-refractivity contribution is 6.31. The van der Waals surface area contributed by atoms with E-state index < -0.39 is 28.7 Å². The minimum Gasteiger partial charge on any atom is -0.340 e. The van der Waals surface area contributed by atoms with E-state index in [4.69, 9.17) is 23.2 Å². The number of piperidine rings is 1. The zero-order valence-corrected chi connectivity index (χ0v) is 23.3. The van der Waals surface area contributed by atoms with Gasteiger partial charge in [0, 0.05) is 49.1 Å². The predicted molar refractivity (Wildman–Crippen MR) is 145 cm³/mol. The molecule has 0 spiro atoms. The molecule has 1 aliphatic carbocycles. The van der Waals surface area contributed by atoms with Crippen molar-refractivity contribution in [1.82, 2.24) is 14.7 Å². The Bertz CT molecular complexity index is 1210. The number of likely N-dealkylation sites (N-methyl/N-ethyl adjacent to an activating group) is 1. The van der Waals surface area contributed by atoms with E-state index in [-0.39, 0.29) is 23.3 Å². The van der Waals surface area contributed by atoms with Gasteiger partial charge in [-0.25, -0.2) is 0 Å². The van der Waals surface area contributed by atoms with E-state index in [1.807, 2.05) is 17.0 Å². The molecule has 0 unspecified atom stereocenters. The van der Waals surface area contributed by atoms with Gasteiger partial charge in [-0.15, -0.1) is 0 Å². The van der Waals surface area contributed by atoms with Crippen LogP contribution < -0.4 is 0 Å². The molecule has 5 nitrogen and oxygen atoms in total. The highest BCUT2D eigenvalue weighted by Crippen LogP contribution is 2.37. The molecule has 2 amide bonds. The summed E-state index contributed by atoms with van der Waals surface area (Å²) in [7, 11) is 1.59. The smallest absolute Gasteiger partial charge is 0.340 e. The molecular weight excluding hydrogens is 550 g/mol. The third-order valence-electron chi connectivity index (χ3n) is 8.39. The summed E-state index contributed by atoms with van der Waals surface area (Å²) in [6.45, 7) is 3.71. The second kappa shape index (κ2) is 11.3. The quantitative estimate of drug-likeness (QED) is 0.408. The maximum Gasteiger partial charge on any atom is 0.417 e. The van der Waals surface area contributed by atoms with E-state index in [0.717, 1.165) is 56.1 Å². The van der Waals surface area contributed by atoms with Gasteiger partial charge < -0.3 is 14.7 Å². The van der Waals surface area contributed by atoms with Gasteiger partial charge in [-0.05, 0) is 80.6 Å². The van der Waals surface area contributed by atoms with E-state index in [1.54, 1.807) is 19.2 Å². The van der Waals surface area contributed by atoms with Gasteiger partial charge in [-0.2, -0.15) is 13.2 Å². The van der Waals surface area contributed by atoms with Crippen molar-refractivity contribution in [2.75, 3.05) is 39.8 Å². The Morgan fingerprint density at radius 3 is 2.26 bits per heavy atom. The number of carbonyl (C=O) groups is 2. The van der Waals surface area contributed by atoms with Crippen LogP contribution in [0.1, 0.15) is 53.1 Å². The van der Waals surface area contributed by atoms with E-state index >= 15 is 0 Å². The van der Waals surface area contributed by atoms with Gasteiger partial charge >= 0.3 is 6.18 Å². The third-order valence-corrected chi connectivity index (χ3v) is 8.97. The van der Waals surface area contributed by atoms with Gasteiger partial charge in [0.05, 0.1) is 16.6 Å². The average molecular weight is 582 g/mol. The van der Waals surface area contributed by atoms with E-state index in [0.29, 0.717) is 18.1 Å². The van der Waals surface area contributed by atoms with E-state index in [9.17, 15) is 22.8 Å². The monoisotopic (exact) mass is 581 g/mol. The number of rotatable bonds is 6. The molecule has 210 valence electrons. The summed E-state index contributed by atoms with van der Waals surface area (Å²) in [6, 6.07) is 10.1. The Balaban J connectivity index is 1.34. The van der Waals surface area contributed by atoms with Gasteiger partial charge in [0.1, 0.15) is 0 Å². The van der Waals surface area contributed by atoms with Crippen molar-refractivity contribution in [1.29, 1.82) is 0 Å².